The van der Waals surface area contributed by atoms with Crippen LogP contribution in [0.25, 0.3) is 0 Å². The van der Waals surface area contributed by atoms with Crippen LogP contribution < -0.4 is 0 Å². The third-order valence-corrected chi connectivity index (χ3v) is 3.97. The molecule has 3 heteroatoms. The molecule has 1 spiro atoms. The number of hydrogen-bond donors (Lipinski definition) is 0. The highest BCUT2D eigenvalue weighted by Crippen LogP contribution is 2.46. The van der Waals surface area contributed by atoms with Crippen LogP contribution in [0.1, 0.15) is 53.4 Å². The lowest BCUT2D eigenvalue weighted by molar-refractivity contribution is -0.283. The molecule has 0 aromatic rings. The van der Waals surface area contributed by atoms with E-state index in [9.17, 15) is 4.79 Å². The number of hydrogen-bond acceptors (Lipinski definition) is 3. The van der Waals surface area contributed by atoms with Crippen LogP contribution in [0.4, 0.5) is 0 Å². The molecule has 0 bridgehead atoms. The SMILES string of the molecule is CCCC(=O)C1=C(C)CC2(COC(C)(C)OC2)C1. The first-order valence-electron chi connectivity index (χ1n) is 6.87. The normalized spacial score (nSPS) is 25.8. The summed E-state index contributed by atoms with van der Waals surface area (Å²) in [6.45, 7) is 9.40. The Morgan fingerprint density at radius 1 is 1.22 bits per heavy atom. The molecule has 1 aliphatic carbocycles. The van der Waals surface area contributed by atoms with Crippen molar-refractivity contribution in [1.29, 1.82) is 0 Å². The summed E-state index contributed by atoms with van der Waals surface area (Å²) < 4.78 is 11.6. The third kappa shape index (κ3) is 2.67. The first kappa shape index (κ1) is 13.8. The minimum atomic E-state index is -0.477. The predicted octanol–water partition coefficient (Wildman–Crippen LogP) is 3.24. The molecule has 18 heavy (non-hydrogen) atoms. The summed E-state index contributed by atoms with van der Waals surface area (Å²) in [6, 6.07) is 0. The van der Waals surface area contributed by atoms with E-state index in [0.29, 0.717) is 25.4 Å². The molecular weight excluding hydrogens is 228 g/mol. The fourth-order valence-corrected chi connectivity index (χ4v) is 2.91. The maximum absolute atomic E-state index is 12.1. The molecule has 0 unspecified atom stereocenters. The first-order valence-corrected chi connectivity index (χ1v) is 6.87. The van der Waals surface area contributed by atoms with Crippen molar-refractivity contribution < 1.29 is 14.3 Å². The molecule has 0 radical (unpaired) electrons. The van der Waals surface area contributed by atoms with Gasteiger partial charge in [-0.2, -0.15) is 0 Å². The number of ether oxygens (including phenoxy) is 2. The standard InChI is InChI=1S/C15H24O3/c1-5-6-13(16)12-8-15(7-11(12)2)9-17-14(3,4)18-10-15/h5-10H2,1-4H3. The highest BCUT2D eigenvalue weighted by molar-refractivity contribution is 5.96. The van der Waals surface area contributed by atoms with Crippen molar-refractivity contribution in [3.63, 3.8) is 0 Å². The van der Waals surface area contributed by atoms with Crippen LogP contribution in [-0.2, 0) is 14.3 Å². The van der Waals surface area contributed by atoms with Gasteiger partial charge in [0.1, 0.15) is 0 Å². The van der Waals surface area contributed by atoms with Crippen LogP contribution in [-0.4, -0.2) is 24.8 Å². The quantitative estimate of drug-likeness (QED) is 0.773. The molecule has 0 amide bonds. The number of ketones is 1. The van der Waals surface area contributed by atoms with E-state index in [1.165, 1.54) is 5.57 Å². The maximum atomic E-state index is 12.1. The summed E-state index contributed by atoms with van der Waals surface area (Å²) in [5.74, 6) is -0.160. The van der Waals surface area contributed by atoms with Crippen LogP contribution in [0, 0.1) is 5.41 Å². The van der Waals surface area contributed by atoms with E-state index >= 15 is 0 Å². The summed E-state index contributed by atoms with van der Waals surface area (Å²) in [4.78, 5) is 12.1. The first-order chi connectivity index (χ1) is 8.37. The summed E-state index contributed by atoms with van der Waals surface area (Å²) >= 11 is 0. The van der Waals surface area contributed by atoms with E-state index in [-0.39, 0.29) is 5.41 Å². The molecule has 1 fully saturated rings. The Morgan fingerprint density at radius 2 is 1.83 bits per heavy atom. The van der Waals surface area contributed by atoms with Crippen LogP contribution >= 0.6 is 0 Å². The van der Waals surface area contributed by atoms with Crippen molar-refractivity contribution in [2.75, 3.05) is 13.2 Å². The second kappa shape index (κ2) is 4.78. The molecular formula is C15H24O3. The average molecular weight is 252 g/mol. The van der Waals surface area contributed by atoms with Crippen molar-refractivity contribution in [3.05, 3.63) is 11.1 Å². The van der Waals surface area contributed by atoms with Crippen LogP contribution in [0.5, 0.6) is 0 Å². The zero-order valence-corrected chi connectivity index (χ0v) is 12.0. The Labute approximate surface area is 110 Å². The average Bonchev–Trinajstić information content (AvgIpc) is 2.62. The largest absolute Gasteiger partial charge is 0.350 e. The minimum Gasteiger partial charge on any atom is -0.350 e. The van der Waals surface area contributed by atoms with Gasteiger partial charge < -0.3 is 9.47 Å². The Hall–Kier alpha value is -0.670. The molecule has 1 saturated heterocycles. The fraction of sp³-hybridized carbons (Fsp3) is 0.800. The molecule has 1 aliphatic heterocycles. The van der Waals surface area contributed by atoms with E-state index in [1.807, 2.05) is 20.8 Å². The summed E-state index contributed by atoms with van der Waals surface area (Å²) in [5, 5.41) is 0. The fourth-order valence-electron chi connectivity index (χ4n) is 2.91. The third-order valence-electron chi connectivity index (χ3n) is 3.97. The van der Waals surface area contributed by atoms with E-state index < -0.39 is 5.79 Å². The lowest BCUT2D eigenvalue weighted by Gasteiger charge is -2.41. The lowest BCUT2D eigenvalue weighted by Crippen LogP contribution is -2.45. The van der Waals surface area contributed by atoms with E-state index in [4.69, 9.17) is 9.47 Å². The zero-order valence-electron chi connectivity index (χ0n) is 12.0. The number of Topliss-reactive ketones (excluding diaryl/α,β-unsaturated/α-hetero) is 1. The van der Waals surface area contributed by atoms with Gasteiger partial charge in [-0.15, -0.1) is 0 Å². The van der Waals surface area contributed by atoms with Gasteiger partial charge in [0.15, 0.2) is 11.6 Å². The monoisotopic (exact) mass is 252 g/mol. The van der Waals surface area contributed by atoms with Gasteiger partial charge in [-0.25, -0.2) is 0 Å². The highest BCUT2D eigenvalue weighted by atomic mass is 16.7. The van der Waals surface area contributed by atoms with Gasteiger partial charge in [-0.3, -0.25) is 4.79 Å². The molecule has 0 atom stereocenters. The number of allylic oxidation sites excluding steroid dienone is 2. The molecule has 0 aromatic carbocycles. The maximum Gasteiger partial charge on any atom is 0.162 e. The van der Waals surface area contributed by atoms with Gasteiger partial charge in [-0.05, 0) is 45.6 Å². The van der Waals surface area contributed by atoms with Crippen molar-refractivity contribution in [1.82, 2.24) is 0 Å². The predicted molar refractivity (Wildman–Crippen MR) is 70.3 cm³/mol. The number of carbonyl (C=O) groups excluding carboxylic acids is 1. The number of rotatable bonds is 3. The van der Waals surface area contributed by atoms with E-state index in [0.717, 1.165) is 24.8 Å². The Bertz CT molecular complexity index is 369. The molecule has 0 saturated carbocycles. The molecule has 0 N–H and O–H groups in total. The van der Waals surface area contributed by atoms with Crippen molar-refractivity contribution in [2.24, 2.45) is 5.41 Å². The second-order valence-electron chi connectivity index (χ2n) is 6.26. The van der Waals surface area contributed by atoms with Gasteiger partial charge in [-0.1, -0.05) is 12.5 Å². The van der Waals surface area contributed by atoms with Crippen molar-refractivity contribution in [3.8, 4) is 0 Å². The summed E-state index contributed by atoms with van der Waals surface area (Å²) in [6.07, 6.45) is 3.35. The Kier molecular flexibility index (Phi) is 3.65. The lowest BCUT2D eigenvalue weighted by atomic mass is 9.84. The molecule has 2 rings (SSSR count). The number of carbonyl (C=O) groups is 1. The minimum absolute atomic E-state index is 0.0122. The van der Waals surface area contributed by atoms with Gasteiger partial charge in [0.2, 0.25) is 0 Å². The zero-order chi connectivity index (χ0) is 13.4. The molecule has 102 valence electrons. The Morgan fingerprint density at radius 3 is 2.39 bits per heavy atom. The van der Waals surface area contributed by atoms with Gasteiger partial charge in [0.05, 0.1) is 13.2 Å². The molecule has 3 nitrogen and oxygen atoms in total. The van der Waals surface area contributed by atoms with Gasteiger partial charge in [0, 0.05) is 11.8 Å². The summed E-state index contributed by atoms with van der Waals surface area (Å²) in [5.41, 5.74) is 2.28. The van der Waals surface area contributed by atoms with E-state index in [1.54, 1.807) is 0 Å². The topological polar surface area (TPSA) is 35.5 Å². The smallest absolute Gasteiger partial charge is 0.162 e. The Balaban J connectivity index is 2.04. The van der Waals surface area contributed by atoms with Crippen molar-refractivity contribution in [2.45, 2.75) is 59.2 Å². The molecule has 0 aromatic heterocycles. The van der Waals surface area contributed by atoms with Crippen molar-refractivity contribution >= 4 is 5.78 Å². The van der Waals surface area contributed by atoms with Crippen LogP contribution in [0.15, 0.2) is 11.1 Å². The van der Waals surface area contributed by atoms with Gasteiger partial charge in [0.25, 0.3) is 0 Å². The summed E-state index contributed by atoms with van der Waals surface area (Å²) in [7, 11) is 0. The van der Waals surface area contributed by atoms with Gasteiger partial charge >= 0.3 is 0 Å². The second-order valence-corrected chi connectivity index (χ2v) is 6.26. The highest BCUT2D eigenvalue weighted by Gasteiger charge is 2.45. The van der Waals surface area contributed by atoms with Crippen LogP contribution in [0.3, 0.4) is 0 Å². The molecule has 1 heterocycles. The molecule has 2 aliphatic rings. The van der Waals surface area contributed by atoms with E-state index in [2.05, 4.69) is 6.92 Å². The van der Waals surface area contributed by atoms with Crippen LogP contribution in [0.2, 0.25) is 0 Å².